The molecule has 2 N–H and O–H groups in total. The zero-order valence-electron chi connectivity index (χ0n) is 10.8. The highest BCUT2D eigenvalue weighted by atomic mass is 15.0. The number of benzene rings is 1. The molecule has 1 aromatic carbocycles. The van der Waals surface area contributed by atoms with Gasteiger partial charge in [0.1, 0.15) is 0 Å². The molecule has 2 rings (SSSR count). The second-order valence-electron chi connectivity index (χ2n) is 5.26. The Balaban J connectivity index is 2.90. The van der Waals surface area contributed by atoms with Crippen LogP contribution in [-0.4, -0.2) is 4.57 Å². The fourth-order valence-electron chi connectivity index (χ4n) is 2.49. The molecule has 0 saturated carbocycles. The minimum atomic E-state index is -0.293. The number of nitrogens with zero attached hydrogens (tertiary/aromatic N) is 1. The van der Waals surface area contributed by atoms with Crippen molar-refractivity contribution in [2.75, 3.05) is 0 Å². The van der Waals surface area contributed by atoms with Gasteiger partial charge >= 0.3 is 0 Å². The predicted molar refractivity (Wildman–Crippen MR) is 69.6 cm³/mol. The lowest BCUT2D eigenvalue weighted by atomic mass is 9.92. The molecule has 0 bridgehead atoms. The van der Waals surface area contributed by atoms with E-state index in [2.05, 4.69) is 57.5 Å². The molecule has 2 nitrogen and oxygen atoms in total. The molecule has 0 amide bonds. The van der Waals surface area contributed by atoms with Crippen molar-refractivity contribution in [1.82, 2.24) is 4.57 Å². The SMILES string of the molecule is Cc1ccc2c(C(C)(C)N)c(C)n(C)c2c1. The molecule has 2 heteroatoms. The lowest BCUT2D eigenvalue weighted by Crippen LogP contribution is -2.29. The molecule has 0 aliphatic rings. The first-order valence-electron chi connectivity index (χ1n) is 5.67. The van der Waals surface area contributed by atoms with Gasteiger partial charge in [-0.1, -0.05) is 12.1 Å². The average molecular weight is 216 g/mol. The summed E-state index contributed by atoms with van der Waals surface area (Å²) in [5.74, 6) is 0. The number of aryl methyl sites for hydroxylation is 2. The molecule has 0 saturated heterocycles. The summed E-state index contributed by atoms with van der Waals surface area (Å²) in [5, 5.41) is 1.28. The van der Waals surface area contributed by atoms with Crippen molar-refractivity contribution < 1.29 is 0 Å². The molecule has 2 aromatic rings. The summed E-state index contributed by atoms with van der Waals surface area (Å²) in [6.07, 6.45) is 0. The highest BCUT2D eigenvalue weighted by Crippen LogP contribution is 2.32. The standard InChI is InChI=1S/C14H20N2/c1-9-6-7-11-12(8-9)16(5)10(2)13(11)14(3,4)15/h6-8H,15H2,1-5H3. The van der Waals surface area contributed by atoms with Gasteiger partial charge in [0.25, 0.3) is 0 Å². The third-order valence-electron chi connectivity index (χ3n) is 3.29. The Kier molecular flexibility index (Phi) is 2.35. The number of hydrogen-bond donors (Lipinski definition) is 1. The van der Waals surface area contributed by atoms with Gasteiger partial charge in [-0.15, -0.1) is 0 Å². The van der Waals surface area contributed by atoms with Gasteiger partial charge in [-0.3, -0.25) is 0 Å². The van der Waals surface area contributed by atoms with E-state index in [-0.39, 0.29) is 5.54 Å². The minimum absolute atomic E-state index is 0.293. The summed E-state index contributed by atoms with van der Waals surface area (Å²) in [6.45, 7) is 8.39. The fourth-order valence-corrected chi connectivity index (χ4v) is 2.49. The smallest absolute Gasteiger partial charge is 0.0486 e. The minimum Gasteiger partial charge on any atom is -0.348 e. The van der Waals surface area contributed by atoms with E-state index < -0.39 is 0 Å². The lowest BCUT2D eigenvalue weighted by Gasteiger charge is -2.19. The fraction of sp³-hybridized carbons (Fsp3) is 0.429. The van der Waals surface area contributed by atoms with Crippen molar-refractivity contribution in [1.29, 1.82) is 0 Å². The van der Waals surface area contributed by atoms with Crippen molar-refractivity contribution in [3.8, 4) is 0 Å². The third-order valence-corrected chi connectivity index (χ3v) is 3.29. The van der Waals surface area contributed by atoms with E-state index in [4.69, 9.17) is 5.73 Å². The van der Waals surface area contributed by atoms with Crippen LogP contribution in [0.2, 0.25) is 0 Å². The van der Waals surface area contributed by atoms with Gasteiger partial charge in [-0.25, -0.2) is 0 Å². The molecule has 0 spiro atoms. The van der Waals surface area contributed by atoms with Gasteiger partial charge in [0.2, 0.25) is 0 Å². The van der Waals surface area contributed by atoms with Gasteiger partial charge in [0.15, 0.2) is 0 Å². The van der Waals surface area contributed by atoms with Crippen LogP contribution in [0.25, 0.3) is 10.9 Å². The van der Waals surface area contributed by atoms with Crippen molar-refractivity contribution in [2.45, 2.75) is 33.2 Å². The predicted octanol–water partition coefficient (Wildman–Crippen LogP) is 2.99. The highest BCUT2D eigenvalue weighted by Gasteiger charge is 2.23. The van der Waals surface area contributed by atoms with E-state index in [9.17, 15) is 0 Å². The van der Waals surface area contributed by atoms with Crippen LogP contribution in [0, 0.1) is 13.8 Å². The summed E-state index contributed by atoms with van der Waals surface area (Å²) in [6, 6.07) is 6.55. The summed E-state index contributed by atoms with van der Waals surface area (Å²) < 4.78 is 2.23. The third kappa shape index (κ3) is 1.54. The number of aromatic nitrogens is 1. The van der Waals surface area contributed by atoms with Crippen LogP contribution in [-0.2, 0) is 12.6 Å². The Morgan fingerprint density at radius 1 is 1.19 bits per heavy atom. The number of rotatable bonds is 1. The molecular formula is C14H20N2. The number of nitrogens with two attached hydrogens (primary N) is 1. The quantitative estimate of drug-likeness (QED) is 0.780. The van der Waals surface area contributed by atoms with E-state index >= 15 is 0 Å². The van der Waals surface area contributed by atoms with Crippen LogP contribution in [0.15, 0.2) is 18.2 Å². The molecule has 0 aliphatic heterocycles. The molecular weight excluding hydrogens is 196 g/mol. The topological polar surface area (TPSA) is 30.9 Å². The Morgan fingerprint density at radius 2 is 1.81 bits per heavy atom. The molecule has 0 fully saturated rings. The van der Waals surface area contributed by atoms with Crippen molar-refractivity contribution in [3.63, 3.8) is 0 Å². The Labute approximate surface area is 97.1 Å². The van der Waals surface area contributed by atoms with E-state index in [0.29, 0.717) is 0 Å². The molecule has 1 heterocycles. The second-order valence-corrected chi connectivity index (χ2v) is 5.26. The second kappa shape index (κ2) is 3.36. The van der Waals surface area contributed by atoms with Crippen LogP contribution in [0.1, 0.15) is 30.7 Å². The van der Waals surface area contributed by atoms with Gasteiger partial charge in [0, 0.05) is 29.2 Å². The molecule has 16 heavy (non-hydrogen) atoms. The first-order chi connectivity index (χ1) is 7.32. The Morgan fingerprint density at radius 3 is 2.38 bits per heavy atom. The van der Waals surface area contributed by atoms with Crippen molar-refractivity contribution >= 4 is 10.9 Å². The maximum absolute atomic E-state index is 6.26. The largest absolute Gasteiger partial charge is 0.348 e. The summed E-state index contributed by atoms with van der Waals surface area (Å²) in [5.41, 5.74) is 11.0. The molecule has 1 aromatic heterocycles. The average Bonchev–Trinajstić information content (AvgIpc) is 2.40. The van der Waals surface area contributed by atoms with Gasteiger partial charge in [-0.2, -0.15) is 0 Å². The summed E-state index contributed by atoms with van der Waals surface area (Å²) in [7, 11) is 2.10. The number of fused-ring (bicyclic) bond motifs is 1. The zero-order valence-corrected chi connectivity index (χ0v) is 10.8. The molecule has 86 valence electrons. The first-order valence-corrected chi connectivity index (χ1v) is 5.67. The van der Waals surface area contributed by atoms with Crippen LogP contribution in [0.3, 0.4) is 0 Å². The Bertz CT molecular complexity index is 542. The van der Waals surface area contributed by atoms with Crippen LogP contribution in [0.4, 0.5) is 0 Å². The van der Waals surface area contributed by atoms with E-state index in [1.165, 1.54) is 27.7 Å². The van der Waals surface area contributed by atoms with E-state index in [0.717, 1.165) is 0 Å². The van der Waals surface area contributed by atoms with Gasteiger partial charge < -0.3 is 10.3 Å². The maximum Gasteiger partial charge on any atom is 0.0486 e. The monoisotopic (exact) mass is 216 g/mol. The van der Waals surface area contributed by atoms with Crippen molar-refractivity contribution in [2.24, 2.45) is 12.8 Å². The van der Waals surface area contributed by atoms with Crippen LogP contribution in [0.5, 0.6) is 0 Å². The van der Waals surface area contributed by atoms with Crippen LogP contribution >= 0.6 is 0 Å². The summed E-state index contributed by atoms with van der Waals surface area (Å²) in [4.78, 5) is 0. The zero-order chi connectivity index (χ0) is 12.1. The van der Waals surface area contributed by atoms with Crippen LogP contribution < -0.4 is 5.73 Å². The molecule has 0 aliphatic carbocycles. The van der Waals surface area contributed by atoms with E-state index in [1.54, 1.807) is 0 Å². The van der Waals surface area contributed by atoms with Gasteiger partial charge in [-0.05, 0) is 44.9 Å². The lowest BCUT2D eigenvalue weighted by molar-refractivity contribution is 0.552. The molecule has 0 atom stereocenters. The first kappa shape index (κ1) is 11.2. The highest BCUT2D eigenvalue weighted by molar-refractivity contribution is 5.87. The molecule has 0 radical (unpaired) electrons. The summed E-state index contributed by atoms with van der Waals surface area (Å²) >= 11 is 0. The van der Waals surface area contributed by atoms with E-state index in [1.807, 2.05) is 0 Å². The Hall–Kier alpha value is -1.28. The normalized spacial score (nSPS) is 12.4. The van der Waals surface area contributed by atoms with Gasteiger partial charge in [0.05, 0.1) is 0 Å². The van der Waals surface area contributed by atoms with Crippen molar-refractivity contribution in [3.05, 3.63) is 35.0 Å². The molecule has 0 unspecified atom stereocenters. The maximum atomic E-state index is 6.26. The number of hydrogen-bond acceptors (Lipinski definition) is 1.